The fourth-order valence-electron chi connectivity index (χ4n) is 2.40. The number of anilines is 1. The van der Waals surface area contributed by atoms with Crippen molar-refractivity contribution in [1.29, 1.82) is 0 Å². The smallest absolute Gasteiger partial charge is 0.248 e. The molecule has 2 rings (SSSR count). The predicted molar refractivity (Wildman–Crippen MR) is 96.6 cm³/mol. The summed E-state index contributed by atoms with van der Waals surface area (Å²) in [6.07, 6.45) is -0.0596. The van der Waals surface area contributed by atoms with E-state index in [1.807, 2.05) is 13.8 Å². The van der Waals surface area contributed by atoms with Crippen molar-refractivity contribution >= 4 is 21.6 Å². The molecule has 0 fully saturated rings. The van der Waals surface area contributed by atoms with Crippen LogP contribution in [0.25, 0.3) is 0 Å². The van der Waals surface area contributed by atoms with E-state index in [0.29, 0.717) is 11.4 Å². The summed E-state index contributed by atoms with van der Waals surface area (Å²) >= 11 is 0. The van der Waals surface area contributed by atoms with Crippen molar-refractivity contribution in [2.75, 3.05) is 18.9 Å². The van der Waals surface area contributed by atoms with Crippen molar-refractivity contribution in [3.63, 3.8) is 0 Å². The van der Waals surface area contributed by atoms with Gasteiger partial charge in [-0.2, -0.15) is 4.31 Å². The molecule has 26 heavy (non-hydrogen) atoms. The number of carbonyl (C=O) groups is 1. The van der Waals surface area contributed by atoms with Crippen molar-refractivity contribution in [3.8, 4) is 5.75 Å². The molecule has 1 amide bonds. The molecule has 1 heterocycles. The molecule has 0 atom stereocenters. The molecule has 0 radical (unpaired) electrons. The Morgan fingerprint density at radius 2 is 1.96 bits per heavy atom. The summed E-state index contributed by atoms with van der Waals surface area (Å²) in [6.45, 7) is 6.45. The SMILES string of the molecule is Cc1noc(C)c1S(=O)(=O)N(C)CC(=O)Nc1ccccc1OC(C)C. The number of ether oxygens (including phenoxy) is 1. The van der Waals surface area contributed by atoms with E-state index in [0.717, 1.165) is 4.31 Å². The van der Waals surface area contributed by atoms with Gasteiger partial charge in [0.05, 0.1) is 18.3 Å². The monoisotopic (exact) mass is 381 g/mol. The third-order valence-corrected chi connectivity index (χ3v) is 5.57. The number of para-hydroxylation sites is 2. The van der Waals surface area contributed by atoms with Crippen LogP contribution in [0.15, 0.2) is 33.7 Å². The highest BCUT2D eigenvalue weighted by Crippen LogP contribution is 2.25. The Labute approximate surface area is 153 Å². The van der Waals surface area contributed by atoms with Crippen LogP contribution in [0, 0.1) is 13.8 Å². The fourth-order valence-corrected chi connectivity index (χ4v) is 3.81. The predicted octanol–water partition coefficient (Wildman–Crippen LogP) is 2.34. The zero-order valence-corrected chi connectivity index (χ0v) is 16.3. The lowest BCUT2D eigenvalue weighted by atomic mass is 10.3. The standard InChI is InChI=1S/C17H23N3O5S/c1-11(2)24-15-9-7-6-8-14(15)18-16(21)10-20(5)26(22,23)17-12(3)19-25-13(17)4/h6-9,11H,10H2,1-5H3,(H,18,21). The number of likely N-dealkylation sites (N-methyl/N-ethyl adjacent to an activating group) is 1. The van der Waals surface area contributed by atoms with E-state index in [2.05, 4.69) is 10.5 Å². The Morgan fingerprint density at radius 3 is 2.54 bits per heavy atom. The Balaban J connectivity index is 2.13. The molecule has 1 aromatic heterocycles. The van der Waals surface area contributed by atoms with Crippen molar-refractivity contribution in [2.45, 2.75) is 38.7 Å². The average molecular weight is 381 g/mol. The lowest BCUT2D eigenvalue weighted by Crippen LogP contribution is -2.35. The second-order valence-corrected chi connectivity index (χ2v) is 8.11. The molecule has 0 spiro atoms. The van der Waals surface area contributed by atoms with Gasteiger partial charge in [-0.15, -0.1) is 0 Å². The number of aryl methyl sites for hydroxylation is 2. The Morgan fingerprint density at radius 1 is 1.31 bits per heavy atom. The van der Waals surface area contributed by atoms with Gasteiger partial charge >= 0.3 is 0 Å². The molecular weight excluding hydrogens is 358 g/mol. The zero-order chi connectivity index (χ0) is 19.5. The molecule has 0 aliphatic heterocycles. The lowest BCUT2D eigenvalue weighted by Gasteiger charge is -2.18. The number of carbonyl (C=O) groups excluding carboxylic acids is 1. The molecule has 1 aromatic carbocycles. The zero-order valence-electron chi connectivity index (χ0n) is 15.4. The van der Waals surface area contributed by atoms with Gasteiger partial charge in [0.1, 0.15) is 16.3 Å². The Bertz CT molecular complexity index is 870. The second kappa shape index (κ2) is 7.88. The lowest BCUT2D eigenvalue weighted by molar-refractivity contribution is -0.116. The van der Waals surface area contributed by atoms with Crippen LogP contribution in [0.2, 0.25) is 0 Å². The number of hydrogen-bond donors (Lipinski definition) is 1. The highest BCUT2D eigenvalue weighted by Gasteiger charge is 2.29. The first-order chi connectivity index (χ1) is 12.1. The number of sulfonamides is 1. The Kier molecular flexibility index (Phi) is 6.04. The highest BCUT2D eigenvalue weighted by atomic mass is 32.2. The Hall–Kier alpha value is -2.39. The van der Waals surface area contributed by atoms with Crippen LogP contribution < -0.4 is 10.1 Å². The first kappa shape index (κ1) is 19.9. The van der Waals surface area contributed by atoms with Gasteiger partial charge in [0.25, 0.3) is 0 Å². The van der Waals surface area contributed by atoms with Crippen molar-refractivity contribution in [1.82, 2.24) is 9.46 Å². The summed E-state index contributed by atoms with van der Waals surface area (Å²) in [4.78, 5) is 12.3. The average Bonchev–Trinajstić information content (AvgIpc) is 2.88. The molecule has 142 valence electrons. The molecule has 0 saturated heterocycles. The summed E-state index contributed by atoms with van der Waals surface area (Å²) in [6, 6.07) is 6.98. The van der Waals surface area contributed by atoms with E-state index < -0.39 is 15.9 Å². The molecule has 0 aliphatic rings. The number of hydrogen-bond acceptors (Lipinski definition) is 6. The van der Waals surface area contributed by atoms with Crippen LogP contribution >= 0.6 is 0 Å². The van der Waals surface area contributed by atoms with Gasteiger partial charge in [-0.05, 0) is 39.8 Å². The van der Waals surface area contributed by atoms with Crippen molar-refractivity contribution in [3.05, 3.63) is 35.7 Å². The van der Waals surface area contributed by atoms with Gasteiger partial charge in [-0.3, -0.25) is 4.79 Å². The largest absolute Gasteiger partial charge is 0.489 e. The quantitative estimate of drug-likeness (QED) is 0.790. The topological polar surface area (TPSA) is 102 Å². The summed E-state index contributed by atoms with van der Waals surface area (Å²) in [7, 11) is -2.56. The molecule has 0 aliphatic carbocycles. The van der Waals surface area contributed by atoms with Crippen LogP contribution in [0.4, 0.5) is 5.69 Å². The maximum atomic E-state index is 12.7. The molecule has 0 unspecified atom stereocenters. The fraction of sp³-hybridized carbons (Fsp3) is 0.412. The van der Waals surface area contributed by atoms with Crippen LogP contribution in [0.1, 0.15) is 25.3 Å². The van der Waals surface area contributed by atoms with Gasteiger partial charge < -0.3 is 14.6 Å². The summed E-state index contributed by atoms with van der Waals surface area (Å²) < 4.78 is 36.8. The van der Waals surface area contributed by atoms with E-state index in [1.54, 1.807) is 24.3 Å². The third-order valence-electron chi connectivity index (χ3n) is 3.53. The highest BCUT2D eigenvalue weighted by molar-refractivity contribution is 7.89. The van der Waals surface area contributed by atoms with Crippen molar-refractivity contribution in [2.24, 2.45) is 0 Å². The second-order valence-electron chi connectivity index (χ2n) is 6.13. The van der Waals surface area contributed by atoms with E-state index in [1.165, 1.54) is 20.9 Å². The number of nitrogens with one attached hydrogen (secondary N) is 1. The van der Waals surface area contributed by atoms with E-state index in [-0.39, 0.29) is 29.0 Å². The maximum Gasteiger partial charge on any atom is 0.248 e. The normalized spacial score (nSPS) is 11.8. The van der Waals surface area contributed by atoms with Gasteiger partial charge in [-0.1, -0.05) is 17.3 Å². The number of amides is 1. The number of nitrogens with zero attached hydrogens (tertiary/aromatic N) is 2. The molecule has 2 aromatic rings. The van der Waals surface area contributed by atoms with Crippen LogP contribution in [0.5, 0.6) is 5.75 Å². The van der Waals surface area contributed by atoms with Crippen LogP contribution in [0.3, 0.4) is 0 Å². The van der Waals surface area contributed by atoms with Gasteiger partial charge in [0.2, 0.25) is 15.9 Å². The minimum Gasteiger partial charge on any atom is -0.489 e. The summed E-state index contributed by atoms with van der Waals surface area (Å²) in [5, 5.41) is 6.34. The summed E-state index contributed by atoms with van der Waals surface area (Å²) in [5.74, 6) is 0.222. The number of aromatic nitrogens is 1. The molecule has 8 nitrogen and oxygen atoms in total. The molecule has 9 heteroatoms. The number of rotatable bonds is 7. The van der Waals surface area contributed by atoms with Gasteiger partial charge in [-0.25, -0.2) is 8.42 Å². The maximum absolute atomic E-state index is 12.7. The molecule has 0 bridgehead atoms. The van der Waals surface area contributed by atoms with Crippen LogP contribution in [-0.4, -0.2) is 43.5 Å². The van der Waals surface area contributed by atoms with Gasteiger partial charge in [0.15, 0.2) is 5.76 Å². The minimum atomic E-state index is -3.89. The van der Waals surface area contributed by atoms with E-state index in [4.69, 9.17) is 9.26 Å². The first-order valence-electron chi connectivity index (χ1n) is 8.07. The third kappa shape index (κ3) is 4.41. The van der Waals surface area contributed by atoms with E-state index in [9.17, 15) is 13.2 Å². The van der Waals surface area contributed by atoms with Crippen LogP contribution in [-0.2, 0) is 14.8 Å². The summed E-state index contributed by atoms with van der Waals surface area (Å²) in [5.41, 5.74) is 0.736. The van der Waals surface area contributed by atoms with E-state index >= 15 is 0 Å². The molecule has 1 N–H and O–H groups in total. The molecular formula is C17H23N3O5S. The number of benzene rings is 1. The van der Waals surface area contributed by atoms with Gasteiger partial charge in [0, 0.05) is 7.05 Å². The van der Waals surface area contributed by atoms with Crippen molar-refractivity contribution < 1.29 is 22.5 Å². The molecule has 0 saturated carbocycles. The minimum absolute atomic E-state index is 0.0173. The first-order valence-corrected chi connectivity index (χ1v) is 9.51.